The lowest BCUT2D eigenvalue weighted by molar-refractivity contribution is -0.150. The molecule has 5 nitrogen and oxygen atoms in total. The molecule has 1 aromatic rings. The number of nitrogens with two attached hydrogens (primary N) is 1. The van der Waals surface area contributed by atoms with Crippen molar-refractivity contribution in [2.45, 2.75) is 39.3 Å². The Balaban J connectivity index is 1.85. The van der Waals surface area contributed by atoms with E-state index < -0.39 is 0 Å². The molecule has 0 radical (unpaired) electrons. The molecule has 0 aromatic heterocycles. The molecule has 1 saturated heterocycles. The fraction of sp³-hybridized carbons (Fsp3) is 0.588. The monoisotopic (exact) mass is 305 g/mol. The van der Waals surface area contributed by atoms with Gasteiger partial charge in [0.2, 0.25) is 5.91 Å². The highest BCUT2D eigenvalue weighted by Gasteiger charge is 2.25. The Bertz CT molecular complexity index is 511. The summed E-state index contributed by atoms with van der Waals surface area (Å²) in [6.45, 7) is 5.79. The van der Waals surface area contributed by atoms with Crippen LogP contribution in [0.2, 0.25) is 0 Å². The zero-order chi connectivity index (χ0) is 16.1. The Kier molecular flexibility index (Phi) is 5.94. The quantitative estimate of drug-likeness (QED) is 0.810. The lowest BCUT2D eigenvalue weighted by atomic mass is 9.94. The van der Waals surface area contributed by atoms with Crippen LogP contribution in [0.15, 0.2) is 18.2 Å². The number of aryl methyl sites for hydroxylation is 2. The zero-order valence-electron chi connectivity index (χ0n) is 13.8. The first-order chi connectivity index (χ1) is 10.5. The van der Waals surface area contributed by atoms with Gasteiger partial charge in [-0.1, -0.05) is 23.8 Å². The second-order valence-electron chi connectivity index (χ2n) is 6.15. The van der Waals surface area contributed by atoms with E-state index in [-0.39, 0.29) is 12.1 Å². The average Bonchev–Trinajstić information content (AvgIpc) is 2.51. The van der Waals surface area contributed by atoms with E-state index in [0.717, 1.165) is 37.1 Å². The van der Waals surface area contributed by atoms with Crippen molar-refractivity contribution in [2.75, 3.05) is 20.2 Å². The molecule has 1 amide bonds. The molecular formula is C17H27N3O2. The van der Waals surface area contributed by atoms with Gasteiger partial charge in [-0.3, -0.25) is 4.79 Å². The minimum Gasteiger partial charge on any atom is -0.340 e. The third-order valence-electron chi connectivity index (χ3n) is 4.45. The molecule has 0 spiro atoms. The summed E-state index contributed by atoms with van der Waals surface area (Å²) < 4.78 is 0. The van der Waals surface area contributed by atoms with Crippen LogP contribution in [0.3, 0.4) is 0 Å². The molecule has 122 valence electrons. The van der Waals surface area contributed by atoms with Crippen LogP contribution in [0.4, 0.5) is 0 Å². The van der Waals surface area contributed by atoms with Gasteiger partial charge in [0.15, 0.2) is 0 Å². The van der Waals surface area contributed by atoms with Crippen LogP contribution in [0, 0.1) is 19.8 Å². The van der Waals surface area contributed by atoms with Crippen molar-refractivity contribution in [2.24, 2.45) is 11.7 Å². The Labute approximate surface area is 132 Å². The largest absolute Gasteiger partial charge is 0.340 e. The topological polar surface area (TPSA) is 67.6 Å². The van der Waals surface area contributed by atoms with Crippen molar-refractivity contribution in [3.05, 3.63) is 34.9 Å². The van der Waals surface area contributed by atoms with Crippen LogP contribution >= 0.6 is 0 Å². The lowest BCUT2D eigenvalue weighted by Crippen LogP contribution is -2.50. The van der Waals surface area contributed by atoms with E-state index in [9.17, 15) is 4.79 Å². The molecule has 1 aromatic carbocycles. The van der Waals surface area contributed by atoms with Gasteiger partial charge in [0, 0.05) is 13.1 Å². The number of hydroxylamine groups is 2. The highest BCUT2D eigenvalue weighted by atomic mass is 16.7. The van der Waals surface area contributed by atoms with E-state index >= 15 is 0 Å². The molecule has 1 fully saturated rings. The fourth-order valence-electron chi connectivity index (χ4n) is 2.94. The Morgan fingerprint density at radius 3 is 2.73 bits per heavy atom. The predicted molar refractivity (Wildman–Crippen MR) is 87.0 cm³/mol. The molecule has 1 aliphatic rings. The maximum atomic E-state index is 12.2. The van der Waals surface area contributed by atoms with Gasteiger partial charge in [-0.25, -0.2) is 0 Å². The van der Waals surface area contributed by atoms with Gasteiger partial charge in [-0.15, -0.1) is 0 Å². The summed E-state index contributed by atoms with van der Waals surface area (Å²) in [5.74, 6) is 0.310. The molecule has 1 aliphatic heterocycles. The van der Waals surface area contributed by atoms with Gasteiger partial charge < -0.3 is 15.9 Å². The average molecular weight is 305 g/mol. The van der Waals surface area contributed by atoms with Crippen LogP contribution in [0.25, 0.3) is 0 Å². The second-order valence-corrected chi connectivity index (χ2v) is 6.15. The SMILES string of the molecule is CON1CCC(C(N)NC(=O)Cc2cc(C)ccc2C)CC1. The van der Waals surface area contributed by atoms with Gasteiger partial charge in [0.25, 0.3) is 0 Å². The molecule has 2 rings (SSSR count). The molecule has 0 saturated carbocycles. The maximum absolute atomic E-state index is 12.2. The van der Waals surface area contributed by atoms with Gasteiger partial charge in [-0.05, 0) is 43.7 Å². The van der Waals surface area contributed by atoms with Crippen LogP contribution < -0.4 is 11.1 Å². The standard InChI is InChI=1S/C17H27N3O2/c1-12-4-5-13(2)15(10-12)11-16(21)19-17(18)14-6-8-20(22-3)9-7-14/h4-5,10,14,17H,6-9,11,18H2,1-3H3,(H,19,21). The molecular weight excluding hydrogens is 278 g/mol. The number of nitrogens with one attached hydrogen (secondary N) is 1. The lowest BCUT2D eigenvalue weighted by Gasteiger charge is -2.33. The third-order valence-corrected chi connectivity index (χ3v) is 4.45. The minimum atomic E-state index is -0.281. The fourth-order valence-corrected chi connectivity index (χ4v) is 2.94. The summed E-state index contributed by atoms with van der Waals surface area (Å²) in [4.78, 5) is 17.4. The first kappa shape index (κ1) is 16.9. The van der Waals surface area contributed by atoms with Crippen LogP contribution in [0.1, 0.15) is 29.5 Å². The van der Waals surface area contributed by atoms with E-state index in [1.807, 2.05) is 18.9 Å². The van der Waals surface area contributed by atoms with Gasteiger partial charge in [0.05, 0.1) is 19.7 Å². The highest BCUT2D eigenvalue weighted by Crippen LogP contribution is 2.19. The van der Waals surface area contributed by atoms with Crippen molar-refractivity contribution >= 4 is 5.91 Å². The van der Waals surface area contributed by atoms with Crippen LogP contribution in [0.5, 0.6) is 0 Å². The predicted octanol–water partition coefficient (Wildman–Crippen LogP) is 1.52. The van der Waals surface area contributed by atoms with Crippen LogP contribution in [-0.4, -0.2) is 37.3 Å². The number of carbonyl (C=O) groups excluding carboxylic acids is 1. The molecule has 5 heteroatoms. The van der Waals surface area contributed by atoms with Crippen molar-refractivity contribution < 1.29 is 9.63 Å². The molecule has 0 bridgehead atoms. The summed E-state index contributed by atoms with van der Waals surface area (Å²) in [6, 6.07) is 6.18. The van der Waals surface area contributed by atoms with Gasteiger partial charge >= 0.3 is 0 Å². The van der Waals surface area contributed by atoms with E-state index in [1.165, 1.54) is 5.56 Å². The van der Waals surface area contributed by atoms with Gasteiger partial charge in [0.1, 0.15) is 0 Å². The van der Waals surface area contributed by atoms with Crippen LogP contribution in [-0.2, 0) is 16.1 Å². The van der Waals surface area contributed by atoms with Crippen molar-refractivity contribution in [3.8, 4) is 0 Å². The number of nitrogens with zero attached hydrogens (tertiary/aromatic N) is 1. The van der Waals surface area contributed by atoms with Crippen molar-refractivity contribution in [1.82, 2.24) is 10.4 Å². The minimum absolute atomic E-state index is 0.00429. The number of hydrogen-bond donors (Lipinski definition) is 2. The molecule has 1 unspecified atom stereocenters. The smallest absolute Gasteiger partial charge is 0.225 e. The molecule has 0 aliphatic carbocycles. The Morgan fingerprint density at radius 1 is 1.41 bits per heavy atom. The highest BCUT2D eigenvalue weighted by molar-refractivity contribution is 5.79. The van der Waals surface area contributed by atoms with Crippen molar-refractivity contribution in [3.63, 3.8) is 0 Å². The zero-order valence-corrected chi connectivity index (χ0v) is 13.8. The number of amides is 1. The number of rotatable bonds is 5. The molecule has 22 heavy (non-hydrogen) atoms. The first-order valence-electron chi connectivity index (χ1n) is 7.89. The van der Waals surface area contributed by atoms with E-state index in [4.69, 9.17) is 10.6 Å². The number of benzene rings is 1. The normalized spacial score (nSPS) is 18.2. The van der Waals surface area contributed by atoms with E-state index in [0.29, 0.717) is 12.3 Å². The molecule has 3 N–H and O–H groups in total. The molecule has 1 heterocycles. The Morgan fingerprint density at radius 2 is 2.09 bits per heavy atom. The number of hydrogen-bond acceptors (Lipinski definition) is 4. The summed E-state index contributed by atoms with van der Waals surface area (Å²) >= 11 is 0. The summed E-state index contributed by atoms with van der Waals surface area (Å²) in [6.07, 6.45) is 1.99. The summed E-state index contributed by atoms with van der Waals surface area (Å²) in [7, 11) is 1.69. The van der Waals surface area contributed by atoms with E-state index in [2.05, 4.69) is 23.5 Å². The maximum Gasteiger partial charge on any atom is 0.225 e. The molecule has 1 atom stereocenters. The number of piperidine rings is 1. The summed E-state index contributed by atoms with van der Waals surface area (Å²) in [5.41, 5.74) is 9.55. The third kappa shape index (κ3) is 4.53. The second kappa shape index (κ2) is 7.72. The first-order valence-corrected chi connectivity index (χ1v) is 7.89. The number of carbonyl (C=O) groups is 1. The Hall–Kier alpha value is -1.43. The summed E-state index contributed by atoms with van der Waals surface area (Å²) in [5, 5.41) is 4.89. The van der Waals surface area contributed by atoms with Crippen molar-refractivity contribution in [1.29, 1.82) is 0 Å². The van der Waals surface area contributed by atoms with E-state index in [1.54, 1.807) is 7.11 Å². The van der Waals surface area contributed by atoms with Gasteiger partial charge in [-0.2, -0.15) is 5.06 Å².